The van der Waals surface area contributed by atoms with E-state index in [2.05, 4.69) is 76.0 Å². The molecule has 21 heavy (non-hydrogen) atoms. The third kappa shape index (κ3) is 4.13. The van der Waals surface area contributed by atoms with Gasteiger partial charge in [-0.1, -0.05) is 13.8 Å². The first-order chi connectivity index (χ1) is 9.78. The van der Waals surface area contributed by atoms with Crippen molar-refractivity contribution < 1.29 is 4.74 Å². The van der Waals surface area contributed by atoms with E-state index < -0.39 is 0 Å². The van der Waals surface area contributed by atoms with E-state index in [0.29, 0.717) is 12.0 Å². The summed E-state index contributed by atoms with van der Waals surface area (Å²) >= 11 is 0. The monoisotopic (exact) mass is 290 g/mol. The summed E-state index contributed by atoms with van der Waals surface area (Å²) in [5.41, 5.74) is 1.44. The highest BCUT2D eigenvalue weighted by Crippen LogP contribution is 2.28. The average Bonchev–Trinajstić information content (AvgIpc) is 2.37. The summed E-state index contributed by atoms with van der Waals surface area (Å²) in [6.45, 7) is 15.3. The molecule has 118 valence electrons. The Morgan fingerprint density at radius 2 is 1.76 bits per heavy atom. The van der Waals surface area contributed by atoms with Gasteiger partial charge in [0.05, 0.1) is 6.10 Å². The van der Waals surface area contributed by atoms with Gasteiger partial charge >= 0.3 is 0 Å². The topological polar surface area (TPSA) is 24.5 Å². The number of nitrogens with one attached hydrogen (secondary N) is 1. The Morgan fingerprint density at radius 3 is 2.29 bits per heavy atom. The van der Waals surface area contributed by atoms with Gasteiger partial charge in [0.2, 0.25) is 0 Å². The van der Waals surface area contributed by atoms with Gasteiger partial charge in [-0.3, -0.25) is 0 Å². The third-order valence-electron chi connectivity index (χ3n) is 4.07. The van der Waals surface area contributed by atoms with E-state index in [1.165, 1.54) is 5.69 Å². The van der Waals surface area contributed by atoms with E-state index in [1.807, 2.05) is 0 Å². The normalized spacial score (nSPS) is 21.9. The van der Waals surface area contributed by atoms with Gasteiger partial charge < -0.3 is 15.0 Å². The lowest BCUT2D eigenvalue weighted by atomic mass is 9.92. The Bertz CT molecular complexity index is 451. The number of rotatable bonds is 4. The molecule has 1 N–H and O–H groups in total. The molecule has 0 aliphatic carbocycles. The maximum atomic E-state index is 5.74. The second-order valence-corrected chi connectivity index (χ2v) is 7.36. The number of benzene rings is 1. The van der Waals surface area contributed by atoms with E-state index in [4.69, 9.17) is 4.74 Å². The maximum Gasteiger partial charge on any atom is 0.119 e. The first-order valence-corrected chi connectivity index (χ1v) is 8.07. The van der Waals surface area contributed by atoms with Crippen molar-refractivity contribution in [2.24, 2.45) is 5.92 Å². The number of hydrogen-bond acceptors (Lipinski definition) is 3. The van der Waals surface area contributed by atoms with Crippen molar-refractivity contribution in [3.05, 3.63) is 24.3 Å². The summed E-state index contributed by atoms with van der Waals surface area (Å²) in [5.74, 6) is 1.57. The van der Waals surface area contributed by atoms with Crippen LogP contribution in [0.5, 0.6) is 5.75 Å². The highest BCUT2D eigenvalue weighted by molar-refractivity contribution is 5.51. The van der Waals surface area contributed by atoms with Crippen LogP contribution < -0.4 is 15.0 Å². The molecule has 0 amide bonds. The lowest BCUT2D eigenvalue weighted by Crippen LogP contribution is -2.63. The second-order valence-electron chi connectivity index (χ2n) is 7.36. The molecule has 1 saturated heterocycles. The minimum Gasteiger partial charge on any atom is -0.491 e. The molecule has 3 heteroatoms. The molecule has 0 radical (unpaired) electrons. The average molecular weight is 290 g/mol. The van der Waals surface area contributed by atoms with E-state index in [-0.39, 0.29) is 11.6 Å². The molecule has 0 spiro atoms. The Hall–Kier alpha value is -1.22. The number of ether oxygens (including phenoxy) is 1. The number of piperazine rings is 1. The fourth-order valence-corrected chi connectivity index (χ4v) is 2.96. The van der Waals surface area contributed by atoms with Gasteiger partial charge in [-0.15, -0.1) is 0 Å². The molecule has 0 aromatic heterocycles. The van der Waals surface area contributed by atoms with Crippen molar-refractivity contribution in [3.8, 4) is 5.75 Å². The number of anilines is 1. The van der Waals surface area contributed by atoms with Crippen LogP contribution in [0.4, 0.5) is 5.69 Å². The standard InChI is InChI=1S/C18H30N2O/c1-13(2)17-11-19-18(5,6)12-20(17)15-7-9-16(10-8-15)21-14(3)4/h7-10,13-14,17,19H,11-12H2,1-6H3. The molecule has 1 atom stereocenters. The number of hydrogen-bond donors (Lipinski definition) is 1. The zero-order chi connectivity index (χ0) is 15.6. The molecular weight excluding hydrogens is 260 g/mol. The highest BCUT2D eigenvalue weighted by Gasteiger charge is 2.33. The van der Waals surface area contributed by atoms with Crippen LogP contribution in [0.1, 0.15) is 41.5 Å². The van der Waals surface area contributed by atoms with Crippen molar-refractivity contribution in [3.63, 3.8) is 0 Å². The predicted molar refractivity (Wildman–Crippen MR) is 90.3 cm³/mol. The van der Waals surface area contributed by atoms with Gasteiger partial charge in [0.1, 0.15) is 5.75 Å². The Labute approximate surface area is 129 Å². The Balaban J connectivity index is 2.19. The smallest absolute Gasteiger partial charge is 0.119 e. The molecule has 2 rings (SSSR count). The summed E-state index contributed by atoms with van der Waals surface area (Å²) in [7, 11) is 0. The van der Waals surface area contributed by atoms with Crippen molar-refractivity contribution >= 4 is 5.69 Å². The summed E-state index contributed by atoms with van der Waals surface area (Å²) in [5, 5.41) is 3.66. The van der Waals surface area contributed by atoms with Crippen molar-refractivity contribution in [2.45, 2.75) is 59.2 Å². The van der Waals surface area contributed by atoms with Crippen LogP contribution in [0.15, 0.2) is 24.3 Å². The zero-order valence-corrected chi connectivity index (χ0v) is 14.3. The second kappa shape index (κ2) is 6.27. The molecule has 1 aliphatic heterocycles. The third-order valence-corrected chi connectivity index (χ3v) is 4.07. The summed E-state index contributed by atoms with van der Waals surface area (Å²) < 4.78 is 5.74. The van der Waals surface area contributed by atoms with E-state index >= 15 is 0 Å². The number of nitrogens with zero attached hydrogens (tertiary/aromatic N) is 1. The van der Waals surface area contributed by atoms with Gasteiger partial charge in [-0.25, -0.2) is 0 Å². The summed E-state index contributed by atoms with van der Waals surface area (Å²) in [4.78, 5) is 2.54. The lowest BCUT2D eigenvalue weighted by molar-refractivity contribution is 0.242. The Morgan fingerprint density at radius 1 is 1.14 bits per heavy atom. The van der Waals surface area contributed by atoms with Gasteiger partial charge in [-0.05, 0) is 57.9 Å². The minimum atomic E-state index is 0.151. The predicted octanol–water partition coefficient (Wildman–Crippen LogP) is 3.69. The molecule has 1 fully saturated rings. The van der Waals surface area contributed by atoms with Gasteiger partial charge in [0, 0.05) is 30.4 Å². The quantitative estimate of drug-likeness (QED) is 0.915. The molecule has 1 aliphatic rings. The van der Waals surface area contributed by atoms with E-state index in [0.717, 1.165) is 18.8 Å². The molecule has 0 saturated carbocycles. The van der Waals surface area contributed by atoms with Crippen LogP contribution in [0.2, 0.25) is 0 Å². The lowest BCUT2D eigenvalue weighted by Gasteiger charge is -2.47. The molecular formula is C18H30N2O. The fourth-order valence-electron chi connectivity index (χ4n) is 2.96. The largest absolute Gasteiger partial charge is 0.491 e. The minimum absolute atomic E-state index is 0.151. The van der Waals surface area contributed by atoms with Crippen molar-refractivity contribution in [1.29, 1.82) is 0 Å². The molecule has 1 aromatic rings. The van der Waals surface area contributed by atoms with Crippen LogP contribution in [-0.4, -0.2) is 30.8 Å². The van der Waals surface area contributed by atoms with Gasteiger partial charge in [0.25, 0.3) is 0 Å². The first-order valence-electron chi connectivity index (χ1n) is 8.07. The van der Waals surface area contributed by atoms with Crippen LogP contribution in [-0.2, 0) is 0 Å². The molecule has 0 bridgehead atoms. The van der Waals surface area contributed by atoms with Crippen LogP contribution in [0, 0.1) is 5.92 Å². The molecule has 3 nitrogen and oxygen atoms in total. The van der Waals surface area contributed by atoms with E-state index in [1.54, 1.807) is 0 Å². The zero-order valence-electron chi connectivity index (χ0n) is 14.3. The summed E-state index contributed by atoms with van der Waals surface area (Å²) in [6.07, 6.45) is 0.220. The van der Waals surface area contributed by atoms with Gasteiger partial charge in [-0.2, -0.15) is 0 Å². The van der Waals surface area contributed by atoms with Crippen LogP contribution >= 0.6 is 0 Å². The van der Waals surface area contributed by atoms with Gasteiger partial charge in [0.15, 0.2) is 0 Å². The van der Waals surface area contributed by atoms with E-state index in [9.17, 15) is 0 Å². The highest BCUT2D eigenvalue weighted by atomic mass is 16.5. The SMILES string of the molecule is CC(C)Oc1ccc(N2CC(C)(C)NCC2C(C)C)cc1. The summed E-state index contributed by atoms with van der Waals surface area (Å²) in [6, 6.07) is 9.09. The van der Waals surface area contributed by atoms with Crippen LogP contribution in [0.25, 0.3) is 0 Å². The van der Waals surface area contributed by atoms with Crippen LogP contribution in [0.3, 0.4) is 0 Å². The first kappa shape index (κ1) is 16.2. The molecule has 1 heterocycles. The maximum absolute atomic E-state index is 5.74. The fraction of sp³-hybridized carbons (Fsp3) is 0.667. The van der Waals surface area contributed by atoms with Crippen molar-refractivity contribution in [2.75, 3.05) is 18.0 Å². The van der Waals surface area contributed by atoms with Crippen molar-refractivity contribution in [1.82, 2.24) is 5.32 Å². The molecule has 1 unspecified atom stereocenters. The molecule has 1 aromatic carbocycles. The Kier molecular flexibility index (Phi) is 4.82.